The van der Waals surface area contributed by atoms with Gasteiger partial charge >= 0.3 is 5.97 Å². The van der Waals surface area contributed by atoms with Crippen molar-refractivity contribution in [1.82, 2.24) is 0 Å². The van der Waals surface area contributed by atoms with Crippen LogP contribution in [0.15, 0.2) is 36.4 Å². The summed E-state index contributed by atoms with van der Waals surface area (Å²) >= 11 is 0. The lowest BCUT2D eigenvalue weighted by molar-refractivity contribution is -0.123. The summed E-state index contributed by atoms with van der Waals surface area (Å²) in [5.41, 5.74) is 0.582. The first kappa shape index (κ1) is 20.9. The van der Waals surface area contributed by atoms with Gasteiger partial charge in [-0.1, -0.05) is 12.1 Å². The Kier molecular flexibility index (Phi) is 7.08. The normalized spacial score (nSPS) is 11.2. The molecule has 0 saturated carbocycles. The van der Waals surface area contributed by atoms with Crippen molar-refractivity contribution in [3.05, 3.63) is 42.0 Å². The third kappa shape index (κ3) is 4.46. The van der Waals surface area contributed by atoms with Crippen molar-refractivity contribution >= 4 is 17.6 Å². The van der Waals surface area contributed by atoms with E-state index in [0.29, 0.717) is 17.2 Å². The Balaban J connectivity index is 2.17. The van der Waals surface area contributed by atoms with Gasteiger partial charge < -0.3 is 29.0 Å². The standard InChI is InChI=1S/C20H23NO7/c1-12(19(22)21-14-8-6-7-9-15(14)24-2)28-20(23)13-10-11-16(25-3)18(27-5)17(13)26-4/h6-12H,1-5H3,(H,21,22)/t12-/m1/s1. The molecular formula is C20H23NO7. The zero-order chi connectivity index (χ0) is 20.7. The summed E-state index contributed by atoms with van der Waals surface area (Å²) in [7, 11) is 5.79. The van der Waals surface area contributed by atoms with Crippen molar-refractivity contribution in [2.24, 2.45) is 0 Å². The molecule has 8 heteroatoms. The predicted molar refractivity (Wildman–Crippen MR) is 103 cm³/mol. The number of nitrogens with one attached hydrogen (secondary N) is 1. The van der Waals surface area contributed by atoms with Crippen LogP contribution in [0.5, 0.6) is 23.0 Å². The van der Waals surface area contributed by atoms with Crippen molar-refractivity contribution in [2.45, 2.75) is 13.0 Å². The Hall–Kier alpha value is -3.42. The number of methoxy groups -OCH3 is 4. The van der Waals surface area contributed by atoms with Crippen molar-refractivity contribution < 1.29 is 33.3 Å². The minimum atomic E-state index is -1.06. The summed E-state index contributed by atoms with van der Waals surface area (Å²) in [4.78, 5) is 25.0. The van der Waals surface area contributed by atoms with E-state index in [0.717, 1.165) is 0 Å². The van der Waals surface area contributed by atoms with E-state index in [1.165, 1.54) is 41.4 Å². The summed E-state index contributed by atoms with van der Waals surface area (Å²) < 4.78 is 26.2. The molecule has 0 aliphatic rings. The van der Waals surface area contributed by atoms with Crippen LogP contribution in [0.2, 0.25) is 0 Å². The molecule has 0 radical (unpaired) electrons. The first-order valence-corrected chi connectivity index (χ1v) is 8.40. The molecule has 0 unspecified atom stereocenters. The van der Waals surface area contributed by atoms with Crippen LogP contribution in [-0.2, 0) is 9.53 Å². The summed E-state index contributed by atoms with van der Waals surface area (Å²) in [6.07, 6.45) is -1.06. The third-order valence-corrected chi connectivity index (χ3v) is 3.94. The maximum absolute atomic E-state index is 12.6. The Morgan fingerprint density at radius 3 is 2.07 bits per heavy atom. The van der Waals surface area contributed by atoms with Gasteiger partial charge in [-0.15, -0.1) is 0 Å². The smallest absolute Gasteiger partial charge is 0.342 e. The first-order chi connectivity index (χ1) is 13.5. The van der Waals surface area contributed by atoms with Gasteiger partial charge in [-0.25, -0.2) is 4.79 Å². The number of benzene rings is 2. The van der Waals surface area contributed by atoms with Crippen molar-refractivity contribution in [2.75, 3.05) is 33.8 Å². The number of ether oxygens (including phenoxy) is 5. The molecule has 2 aromatic carbocycles. The molecule has 150 valence electrons. The van der Waals surface area contributed by atoms with E-state index in [1.807, 2.05) is 0 Å². The largest absolute Gasteiger partial charge is 0.495 e. The van der Waals surface area contributed by atoms with Crippen LogP contribution in [-0.4, -0.2) is 46.4 Å². The van der Waals surface area contributed by atoms with Crippen LogP contribution >= 0.6 is 0 Å². The number of hydrogen-bond donors (Lipinski definition) is 1. The highest BCUT2D eigenvalue weighted by molar-refractivity contribution is 5.99. The second-order valence-electron chi connectivity index (χ2n) is 5.62. The number of anilines is 1. The van der Waals surface area contributed by atoms with Crippen LogP contribution in [0.25, 0.3) is 0 Å². The van der Waals surface area contributed by atoms with Gasteiger partial charge in [0.05, 0.1) is 34.1 Å². The van der Waals surface area contributed by atoms with Crippen LogP contribution < -0.4 is 24.3 Å². The second kappa shape index (κ2) is 9.50. The Labute approximate surface area is 163 Å². The molecule has 0 bridgehead atoms. The molecule has 28 heavy (non-hydrogen) atoms. The topological polar surface area (TPSA) is 92.3 Å². The van der Waals surface area contributed by atoms with Gasteiger partial charge in [0.1, 0.15) is 11.3 Å². The zero-order valence-corrected chi connectivity index (χ0v) is 16.4. The highest BCUT2D eigenvalue weighted by Crippen LogP contribution is 2.40. The van der Waals surface area contributed by atoms with Crippen molar-refractivity contribution in [1.29, 1.82) is 0 Å². The zero-order valence-electron chi connectivity index (χ0n) is 16.4. The molecule has 1 N–H and O–H groups in total. The van der Waals surface area contributed by atoms with E-state index >= 15 is 0 Å². The lowest BCUT2D eigenvalue weighted by atomic mass is 10.1. The maximum Gasteiger partial charge on any atom is 0.342 e. The van der Waals surface area contributed by atoms with E-state index in [1.54, 1.807) is 30.3 Å². The van der Waals surface area contributed by atoms with Crippen LogP contribution in [0.4, 0.5) is 5.69 Å². The molecular weight excluding hydrogens is 366 g/mol. The minimum Gasteiger partial charge on any atom is -0.495 e. The molecule has 8 nitrogen and oxygen atoms in total. The predicted octanol–water partition coefficient (Wildman–Crippen LogP) is 2.91. The summed E-state index contributed by atoms with van der Waals surface area (Å²) in [5.74, 6) is 0.0707. The van der Waals surface area contributed by atoms with Gasteiger partial charge in [0.25, 0.3) is 5.91 Å². The van der Waals surface area contributed by atoms with E-state index in [2.05, 4.69) is 5.32 Å². The third-order valence-electron chi connectivity index (χ3n) is 3.94. The number of rotatable bonds is 8. The van der Waals surface area contributed by atoms with E-state index in [9.17, 15) is 9.59 Å². The summed E-state index contributed by atoms with van der Waals surface area (Å²) in [6.45, 7) is 1.47. The molecule has 0 spiro atoms. The molecule has 1 amide bonds. The van der Waals surface area contributed by atoms with Gasteiger partial charge in [-0.05, 0) is 31.2 Å². The van der Waals surface area contributed by atoms with E-state index in [4.69, 9.17) is 23.7 Å². The van der Waals surface area contributed by atoms with E-state index < -0.39 is 18.0 Å². The average molecular weight is 389 g/mol. The highest BCUT2D eigenvalue weighted by atomic mass is 16.6. The Morgan fingerprint density at radius 2 is 1.46 bits per heavy atom. The van der Waals surface area contributed by atoms with Gasteiger partial charge in [0.2, 0.25) is 5.75 Å². The lowest BCUT2D eigenvalue weighted by Gasteiger charge is -2.17. The van der Waals surface area contributed by atoms with Gasteiger partial charge in [-0.3, -0.25) is 4.79 Å². The SMILES string of the molecule is COc1ccccc1NC(=O)[C@@H](C)OC(=O)c1ccc(OC)c(OC)c1OC. The summed E-state index contributed by atoms with van der Waals surface area (Å²) in [6, 6.07) is 9.96. The average Bonchev–Trinajstić information content (AvgIpc) is 2.72. The molecule has 0 saturated heterocycles. The lowest BCUT2D eigenvalue weighted by Crippen LogP contribution is -2.30. The first-order valence-electron chi connectivity index (χ1n) is 8.40. The minimum absolute atomic E-state index is 0.108. The quantitative estimate of drug-likeness (QED) is 0.694. The monoisotopic (exact) mass is 389 g/mol. The number of carbonyl (C=O) groups is 2. The Morgan fingerprint density at radius 1 is 0.821 bits per heavy atom. The molecule has 2 rings (SSSR count). The van der Waals surface area contributed by atoms with E-state index in [-0.39, 0.29) is 17.1 Å². The molecule has 1 atom stereocenters. The molecule has 0 heterocycles. The van der Waals surface area contributed by atoms with Crippen LogP contribution in [0.3, 0.4) is 0 Å². The second-order valence-corrected chi connectivity index (χ2v) is 5.62. The Bertz CT molecular complexity index is 850. The van der Waals surface area contributed by atoms with Crippen molar-refractivity contribution in [3.8, 4) is 23.0 Å². The molecule has 0 aliphatic heterocycles. The number of carbonyl (C=O) groups excluding carboxylic acids is 2. The van der Waals surface area contributed by atoms with Crippen LogP contribution in [0.1, 0.15) is 17.3 Å². The summed E-state index contributed by atoms with van der Waals surface area (Å²) in [5, 5.41) is 2.67. The number of hydrogen-bond acceptors (Lipinski definition) is 7. The number of esters is 1. The van der Waals surface area contributed by atoms with Gasteiger partial charge in [0.15, 0.2) is 17.6 Å². The van der Waals surface area contributed by atoms with Crippen LogP contribution in [0, 0.1) is 0 Å². The number of para-hydroxylation sites is 2. The molecule has 0 aliphatic carbocycles. The van der Waals surface area contributed by atoms with Gasteiger partial charge in [0, 0.05) is 0 Å². The molecule has 0 aromatic heterocycles. The number of amides is 1. The fourth-order valence-electron chi connectivity index (χ4n) is 2.52. The fourth-order valence-corrected chi connectivity index (χ4v) is 2.52. The molecule has 2 aromatic rings. The maximum atomic E-state index is 12.6. The van der Waals surface area contributed by atoms with Crippen molar-refractivity contribution in [3.63, 3.8) is 0 Å². The molecule has 0 fully saturated rings. The highest BCUT2D eigenvalue weighted by Gasteiger charge is 2.25. The fraction of sp³-hybridized carbons (Fsp3) is 0.300. The van der Waals surface area contributed by atoms with Gasteiger partial charge in [-0.2, -0.15) is 0 Å².